The van der Waals surface area contributed by atoms with Crippen molar-refractivity contribution in [3.05, 3.63) is 0 Å². The molecule has 2 atom stereocenters. The van der Waals surface area contributed by atoms with Crippen molar-refractivity contribution < 1.29 is 62.1 Å². The van der Waals surface area contributed by atoms with E-state index < -0.39 is 52.9 Å². The predicted molar refractivity (Wildman–Crippen MR) is 212 cm³/mol. The van der Waals surface area contributed by atoms with Gasteiger partial charge in [-0.05, 0) is 73.6 Å². The predicted octanol–water partition coefficient (Wildman–Crippen LogP) is -0.235. The molecule has 0 spiro atoms. The summed E-state index contributed by atoms with van der Waals surface area (Å²) in [4.78, 5) is 94.9. The highest BCUT2D eigenvalue weighted by Crippen LogP contribution is 2.18. The third-order valence-corrected chi connectivity index (χ3v) is 7.31. The lowest BCUT2D eigenvalue weighted by Gasteiger charge is -2.27. The van der Waals surface area contributed by atoms with E-state index in [0.717, 1.165) is 0 Å². The minimum Gasteiger partial charge on any atom is -0.442 e. The van der Waals surface area contributed by atoms with Crippen molar-refractivity contribution in [1.82, 2.24) is 26.3 Å². The van der Waals surface area contributed by atoms with Crippen LogP contribution in [0.3, 0.4) is 0 Å². The Morgan fingerprint density at radius 3 is 1.47 bits per heavy atom. The Morgan fingerprint density at radius 1 is 0.569 bits per heavy atom. The Bertz CT molecular complexity index is 1220. The Morgan fingerprint density at radius 2 is 1.02 bits per heavy atom. The van der Waals surface area contributed by atoms with Gasteiger partial charge < -0.3 is 62.2 Å². The number of carbonyl (C=O) groups is 7. The van der Waals surface area contributed by atoms with Crippen molar-refractivity contribution in [2.45, 2.75) is 104 Å². The number of imide groups is 1. The molecule has 6 amide bonds. The number of nitrogens with zero attached hydrogens (tertiary/aromatic N) is 1. The van der Waals surface area contributed by atoms with Crippen molar-refractivity contribution in [3.8, 4) is 0 Å². The van der Waals surface area contributed by atoms with Gasteiger partial charge in [0.05, 0.1) is 32.5 Å². The number of Topliss-reactive ketones (excluding diaryl/α,β-unsaturated/α-hetero) is 1. The van der Waals surface area contributed by atoms with E-state index in [1.807, 2.05) is 0 Å². The van der Waals surface area contributed by atoms with Crippen LogP contribution in [-0.2, 0) is 52.5 Å². The number of nitrogens with one attached hydrogen (secondary N) is 4. The average Bonchev–Trinajstić information content (AvgIpc) is 3.12. The number of unbranched alkanes of at least 4 members (excludes halogenated alkanes) is 2. The van der Waals surface area contributed by atoms with Gasteiger partial charge in [-0.25, -0.2) is 9.59 Å². The van der Waals surface area contributed by atoms with Crippen LogP contribution in [0.4, 0.5) is 9.59 Å². The third kappa shape index (κ3) is 29.3. The smallest absolute Gasteiger partial charge is 0.442 e. The van der Waals surface area contributed by atoms with Crippen LogP contribution in [-0.4, -0.2) is 149 Å². The molecule has 21 nitrogen and oxygen atoms in total. The minimum atomic E-state index is -1.12. The number of ketones is 1. The molecule has 58 heavy (non-hydrogen) atoms. The van der Waals surface area contributed by atoms with Crippen LogP contribution in [0.25, 0.3) is 0 Å². The number of hydrogen-bond donors (Lipinski definition) is 7. The van der Waals surface area contributed by atoms with Crippen LogP contribution in [0.5, 0.6) is 0 Å². The number of rotatable bonds is 31. The van der Waals surface area contributed by atoms with Crippen molar-refractivity contribution in [1.29, 1.82) is 0 Å². The van der Waals surface area contributed by atoms with Crippen LogP contribution < -0.4 is 38.5 Å². The van der Waals surface area contributed by atoms with E-state index in [1.165, 1.54) is 0 Å². The second kappa shape index (κ2) is 31.0. The fourth-order valence-corrected chi connectivity index (χ4v) is 4.79. The highest BCUT2D eigenvalue weighted by atomic mass is 16.8. The quantitative estimate of drug-likeness (QED) is 0.0350. The van der Waals surface area contributed by atoms with Crippen LogP contribution in [0, 0.1) is 5.92 Å². The van der Waals surface area contributed by atoms with Gasteiger partial charge in [0, 0.05) is 51.6 Å². The number of hydrogen-bond acceptors (Lipinski definition) is 16. The molecule has 10 N–H and O–H groups in total. The van der Waals surface area contributed by atoms with Crippen LogP contribution in [0.15, 0.2) is 0 Å². The second-order valence-corrected chi connectivity index (χ2v) is 15.1. The van der Waals surface area contributed by atoms with Gasteiger partial charge >= 0.3 is 12.2 Å². The van der Waals surface area contributed by atoms with Crippen molar-refractivity contribution in [2.75, 3.05) is 85.5 Å². The van der Waals surface area contributed by atoms with E-state index in [9.17, 15) is 33.6 Å². The molecule has 21 heteroatoms. The first-order valence-corrected chi connectivity index (χ1v) is 19.7. The Labute approximate surface area is 342 Å². The standard InChI is InChI=1S/C37H70N8O13/c1-36(2,3)57-34(51)45(35(52)58-37(4,5)6)56-22-18-43-33(50)27(11-7-9-16-41-30(47)24-53-19-13-38)23-29(46)28(44-32(49)26-55-21-15-40)12-8-10-17-42-31(48)25-54-20-14-39/h27-28H,7-26,38-40H2,1-6H3,(H,41,47)(H,42,48)(H,43,50)(H,44,49)/t27-,28+/m1/s1. The number of nitrogens with two attached hydrogens (primary N) is 3. The summed E-state index contributed by atoms with van der Waals surface area (Å²) < 4.78 is 26.0. The van der Waals surface area contributed by atoms with E-state index in [2.05, 4.69) is 21.3 Å². The zero-order valence-electron chi connectivity index (χ0n) is 35.3. The lowest BCUT2D eigenvalue weighted by Crippen LogP contribution is -2.45. The molecule has 0 rings (SSSR count). The highest BCUT2D eigenvalue weighted by Gasteiger charge is 2.33. The summed E-state index contributed by atoms with van der Waals surface area (Å²) >= 11 is 0. The van der Waals surface area contributed by atoms with E-state index in [0.29, 0.717) is 43.8 Å². The van der Waals surface area contributed by atoms with Crippen LogP contribution in [0.1, 0.15) is 86.5 Å². The van der Waals surface area contributed by atoms with Gasteiger partial charge in [-0.2, -0.15) is 0 Å². The molecule has 0 saturated heterocycles. The normalized spacial score (nSPS) is 12.5. The summed E-state index contributed by atoms with van der Waals surface area (Å²) in [5.41, 5.74) is 14.3. The van der Waals surface area contributed by atoms with E-state index in [4.69, 9.17) is 45.7 Å². The molecular weight excluding hydrogens is 764 g/mol. The first-order valence-electron chi connectivity index (χ1n) is 19.7. The van der Waals surface area contributed by atoms with Gasteiger partial charge in [0.1, 0.15) is 31.0 Å². The van der Waals surface area contributed by atoms with Gasteiger partial charge in [-0.3, -0.25) is 28.8 Å². The molecule has 336 valence electrons. The van der Waals surface area contributed by atoms with Crippen molar-refractivity contribution in [3.63, 3.8) is 0 Å². The number of amides is 6. The molecular formula is C37H70N8O13. The zero-order valence-corrected chi connectivity index (χ0v) is 35.3. The first kappa shape index (κ1) is 54.0. The van der Waals surface area contributed by atoms with E-state index in [-0.39, 0.29) is 104 Å². The highest BCUT2D eigenvalue weighted by molar-refractivity contribution is 5.92. The van der Waals surface area contributed by atoms with Crippen molar-refractivity contribution >= 4 is 41.6 Å². The summed E-state index contributed by atoms with van der Waals surface area (Å²) in [5, 5.41) is 11.2. The topological polar surface area (TPSA) is 304 Å². The lowest BCUT2D eigenvalue weighted by molar-refractivity contribution is -0.140. The Hall–Kier alpha value is -3.99. The largest absolute Gasteiger partial charge is 0.444 e. The summed E-state index contributed by atoms with van der Waals surface area (Å²) in [5.74, 6) is -2.97. The van der Waals surface area contributed by atoms with E-state index in [1.54, 1.807) is 41.5 Å². The first-order chi connectivity index (χ1) is 27.3. The maximum absolute atomic E-state index is 13.8. The maximum Gasteiger partial charge on any atom is 0.444 e. The Balaban J connectivity index is 5.79. The van der Waals surface area contributed by atoms with Crippen LogP contribution >= 0.6 is 0 Å². The van der Waals surface area contributed by atoms with Gasteiger partial charge in [-0.1, -0.05) is 11.5 Å². The average molecular weight is 835 g/mol. The van der Waals surface area contributed by atoms with Crippen molar-refractivity contribution in [2.24, 2.45) is 23.1 Å². The van der Waals surface area contributed by atoms with Gasteiger partial charge in [-0.15, -0.1) is 0 Å². The summed E-state index contributed by atoms with van der Waals surface area (Å²) in [6, 6.07) is -0.972. The van der Waals surface area contributed by atoms with E-state index >= 15 is 0 Å². The van der Waals surface area contributed by atoms with Gasteiger partial charge in [0.15, 0.2) is 5.78 Å². The number of ether oxygens (including phenoxy) is 5. The number of carbonyl (C=O) groups excluding carboxylic acids is 7. The lowest BCUT2D eigenvalue weighted by atomic mass is 9.91. The van der Waals surface area contributed by atoms with Crippen LogP contribution in [0.2, 0.25) is 0 Å². The molecule has 0 aliphatic rings. The Kier molecular flexibility index (Phi) is 28.9. The third-order valence-electron chi connectivity index (χ3n) is 7.31. The molecule has 0 aromatic carbocycles. The molecule has 0 aromatic heterocycles. The zero-order chi connectivity index (χ0) is 44.0. The summed E-state index contributed by atoms with van der Waals surface area (Å²) in [6.07, 6.45) is -0.184. The molecule has 0 aliphatic carbocycles. The minimum absolute atomic E-state index is 0.131. The molecule has 0 unspecified atom stereocenters. The molecule has 0 radical (unpaired) electrons. The fourth-order valence-electron chi connectivity index (χ4n) is 4.79. The second-order valence-electron chi connectivity index (χ2n) is 15.1. The molecule has 0 heterocycles. The molecule has 0 aliphatic heterocycles. The maximum atomic E-state index is 13.8. The summed E-state index contributed by atoms with van der Waals surface area (Å²) in [7, 11) is 0. The fraction of sp³-hybridized carbons (Fsp3) is 0.811. The molecule has 0 bridgehead atoms. The monoisotopic (exact) mass is 835 g/mol. The molecule has 0 saturated carbocycles. The molecule has 0 fully saturated rings. The van der Waals surface area contributed by atoms with Gasteiger partial charge in [0.2, 0.25) is 23.6 Å². The molecule has 0 aromatic rings. The SMILES string of the molecule is CC(C)(C)OC(=O)N(OCCNC(=O)[C@H](CCCCNC(=O)COCCN)CC(=O)[C@H](CCCCNC(=O)COCCN)NC(=O)COCCN)C(=O)OC(C)(C)C. The number of hydroxylamine groups is 2. The van der Waals surface area contributed by atoms with Gasteiger partial charge in [0.25, 0.3) is 0 Å². The summed E-state index contributed by atoms with van der Waals surface area (Å²) in [6.45, 7) is 10.6.